The molecule has 1 aliphatic heterocycles. The van der Waals surface area contributed by atoms with Gasteiger partial charge in [0.2, 0.25) is 5.75 Å². The predicted octanol–water partition coefficient (Wildman–Crippen LogP) is 2.93. The van der Waals surface area contributed by atoms with Gasteiger partial charge in [-0.3, -0.25) is 0 Å². The molecule has 1 N–H and O–H groups in total. The van der Waals surface area contributed by atoms with Gasteiger partial charge in [-0.2, -0.15) is 0 Å². The third-order valence-electron chi connectivity index (χ3n) is 4.45. The number of aliphatic hydroxyl groups is 1. The Labute approximate surface area is 146 Å². The monoisotopic (exact) mass is 346 g/mol. The van der Waals surface area contributed by atoms with Crippen LogP contribution in [0.3, 0.4) is 0 Å². The zero-order valence-corrected chi connectivity index (χ0v) is 14.7. The number of ether oxygens (including phenoxy) is 5. The van der Waals surface area contributed by atoms with Gasteiger partial charge in [0.05, 0.1) is 41.2 Å². The number of rotatable bonds is 5. The summed E-state index contributed by atoms with van der Waals surface area (Å²) >= 11 is 0. The molecule has 0 spiro atoms. The molecule has 2 atom stereocenters. The van der Waals surface area contributed by atoms with E-state index < -0.39 is 6.10 Å². The highest BCUT2D eigenvalue weighted by atomic mass is 16.5. The van der Waals surface area contributed by atoms with Crippen molar-refractivity contribution in [2.24, 2.45) is 0 Å². The summed E-state index contributed by atoms with van der Waals surface area (Å²) in [6.07, 6.45) is -0.711. The number of aliphatic hydroxyl groups excluding tert-OH is 1. The van der Waals surface area contributed by atoms with Gasteiger partial charge < -0.3 is 28.8 Å². The van der Waals surface area contributed by atoms with E-state index in [9.17, 15) is 5.11 Å². The van der Waals surface area contributed by atoms with Crippen molar-refractivity contribution in [2.75, 3.05) is 35.0 Å². The van der Waals surface area contributed by atoms with Gasteiger partial charge in [0.15, 0.2) is 11.5 Å². The molecule has 0 amide bonds. The lowest BCUT2D eigenvalue weighted by Crippen LogP contribution is -2.24. The van der Waals surface area contributed by atoms with E-state index >= 15 is 0 Å². The minimum Gasteiger partial charge on any atom is -0.497 e. The molecule has 2 unspecified atom stereocenters. The van der Waals surface area contributed by atoms with Gasteiger partial charge in [0.1, 0.15) is 11.5 Å². The van der Waals surface area contributed by atoms with Crippen molar-refractivity contribution in [1.82, 2.24) is 0 Å². The lowest BCUT2D eigenvalue weighted by molar-refractivity contribution is 0.0885. The second-order valence-electron chi connectivity index (χ2n) is 5.72. The van der Waals surface area contributed by atoms with E-state index in [1.807, 2.05) is 24.3 Å². The molecule has 0 aliphatic carbocycles. The first-order valence-electron chi connectivity index (χ1n) is 7.91. The van der Waals surface area contributed by atoms with Crippen molar-refractivity contribution in [2.45, 2.75) is 12.0 Å². The predicted molar refractivity (Wildman–Crippen MR) is 92.3 cm³/mol. The first-order chi connectivity index (χ1) is 12.1. The second-order valence-corrected chi connectivity index (χ2v) is 5.72. The largest absolute Gasteiger partial charge is 0.497 e. The summed E-state index contributed by atoms with van der Waals surface area (Å²) in [6.45, 7) is 0.333. The fourth-order valence-corrected chi connectivity index (χ4v) is 3.09. The molecule has 0 bridgehead atoms. The number of methoxy groups -OCH3 is 4. The van der Waals surface area contributed by atoms with E-state index in [2.05, 4.69) is 0 Å². The molecule has 1 heterocycles. The van der Waals surface area contributed by atoms with Crippen LogP contribution in [-0.4, -0.2) is 40.2 Å². The Morgan fingerprint density at radius 2 is 1.60 bits per heavy atom. The van der Waals surface area contributed by atoms with Gasteiger partial charge >= 0.3 is 0 Å². The molecule has 1 aliphatic rings. The van der Waals surface area contributed by atoms with Crippen LogP contribution in [0.4, 0.5) is 0 Å². The van der Waals surface area contributed by atoms with Crippen molar-refractivity contribution in [3.05, 3.63) is 41.5 Å². The standard InChI is InChI=1S/C19H22O6/c1-21-12-5-6-13-15(9-12)25-10-14(18(13)20)11-7-16(22-2)19(24-4)17(8-11)23-3/h5-9,14,18,20H,10H2,1-4H3. The van der Waals surface area contributed by atoms with Crippen LogP contribution in [0, 0.1) is 0 Å². The summed E-state index contributed by atoms with van der Waals surface area (Å²) in [5.74, 6) is 2.68. The van der Waals surface area contributed by atoms with Gasteiger partial charge in [0.25, 0.3) is 0 Å². The number of hydrogen-bond acceptors (Lipinski definition) is 6. The molecule has 0 saturated carbocycles. The molecule has 0 radical (unpaired) electrons. The van der Waals surface area contributed by atoms with E-state index in [1.54, 1.807) is 34.5 Å². The summed E-state index contributed by atoms with van der Waals surface area (Å²) in [4.78, 5) is 0. The van der Waals surface area contributed by atoms with Crippen molar-refractivity contribution >= 4 is 0 Å². The van der Waals surface area contributed by atoms with E-state index in [4.69, 9.17) is 23.7 Å². The van der Waals surface area contributed by atoms with Crippen LogP contribution in [0.25, 0.3) is 0 Å². The Morgan fingerprint density at radius 3 is 2.16 bits per heavy atom. The zero-order chi connectivity index (χ0) is 18.0. The molecular formula is C19H22O6. The Hall–Kier alpha value is -2.60. The molecule has 0 fully saturated rings. The molecule has 0 aromatic heterocycles. The van der Waals surface area contributed by atoms with Crippen molar-refractivity contribution < 1.29 is 28.8 Å². The van der Waals surface area contributed by atoms with Crippen LogP contribution >= 0.6 is 0 Å². The first kappa shape index (κ1) is 17.2. The van der Waals surface area contributed by atoms with Crippen molar-refractivity contribution in [1.29, 1.82) is 0 Å². The first-order valence-corrected chi connectivity index (χ1v) is 7.91. The second kappa shape index (κ2) is 7.11. The number of hydrogen-bond donors (Lipinski definition) is 1. The Balaban J connectivity index is 1.99. The normalized spacial score (nSPS) is 18.8. The quantitative estimate of drug-likeness (QED) is 0.898. The van der Waals surface area contributed by atoms with Gasteiger partial charge in [-0.05, 0) is 29.8 Å². The molecule has 0 saturated heterocycles. The maximum absolute atomic E-state index is 10.9. The Kier molecular flexibility index (Phi) is 4.90. The maximum atomic E-state index is 10.9. The minimum absolute atomic E-state index is 0.255. The maximum Gasteiger partial charge on any atom is 0.203 e. The molecule has 2 aromatic rings. The molecule has 134 valence electrons. The molecular weight excluding hydrogens is 324 g/mol. The minimum atomic E-state index is -0.711. The molecule has 6 heteroatoms. The summed E-state index contributed by atoms with van der Waals surface area (Å²) in [7, 11) is 6.29. The van der Waals surface area contributed by atoms with Crippen LogP contribution in [0.15, 0.2) is 30.3 Å². The van der Waals surface area contributed by atoms with Gasteiger partial charge in [-0.1, -0.05) is 0 Å². The summed E-state index contributed by atoms with van der Waals surface area (Å²) < 4.78 is 27.2. The summed E-state index contributed by atoms with van der Waals surface area (Å²) in [6, 6.07) is 9.09. The third kappa shape index (κ3) is 3.05. The van der Waals surface area contributed by atoms with E-state index in [1.165, 1.54) is 0 Å². The molecule has 6 nitrogen and oxygen atoms in total. The fraction of sp³-hybridized carbons (Fsp3) is 0.368. The van der Waals surface area contributed by atoms with E-state index in [-0.39, 0.29) is 5.92 Å². The van der Waals surface area contributed by atoms with Gasteiger partial charge in [0, 0.05) is 17.5 Å². The highest BCUT2D eigenvalue weighted by Crippen LogP contribution is 2.46. The molecule has 3 rings (SSSR count). The summed E-state index contributed by atoms with van der Waals surface area (Å²) in [5, 5.41) is 10.9. The van der Waals surface area contributed by atoms with Crippen LogP contribution in [0.5, 0.6) is 28.7 Å². The molecule has 2 aromatic carbocycles. The fourth-order valence-electron chi connectivity index (χ4n) is 3.09. The highest BCUT2D eigenvalue weighted by molar-refractivity contribution is 5.55. The smallest absolute Gasteiger partial charge is 0.203 e. The van der Waals surface area contributed by atoms with E-state index in [0.717, 1.165) is 11.1 Å². The Morgan fingerprint density at radius 1 is 0.920 bits per heavy atom. The topological polar surface area (TPSA) is 66.4 Å². The zero-order valence-electron chi connectivity index (χ0n) is 14.7. The SMILES string of the molecule is COc1ccc2c(c1)OCC(c1cc(OC)c(OC)c(OC)c1)C2O. The highest BCUT2D eigenvalue weighted by Gasteiger charge is 2.32. The van der Waals surface area contributed by atoms with Crippen molar-refractivity contribution in [3.8, 4) is 28.7 Å². The molecule has 25 heavy (non-hydrogen) atoms. The number of benzene rings is 2. The summed E-state index contributed by atoms with van der Waals surface area (Å²) in [5.41, 5.74) is 1.58. The van der Waals surface area contributed by atoms with Crippen LogP contribution in [0.1, 0.15) is 23.1 Å². The third-order valence-corrected chi connectivity index (χ3v) is 4.45. The average molecular weight is 346 g/mol. The van der Waals surface area contributed by atoms with Gasteiger partial charge in [-0.25, -0.2) is 0 Å². The van der Waals surface area contributed by atoms with Gasteiger partial charge in [-0.15, -0.1) is 0 Å². The van der Waals surface area contributed by atoms with Crippen LogP contribution in [-0.2, 0) is 0 Å². The average Bonchev–Trinajstić information content (AvgIpc) is 2.66. The van der Waals surface area contributed by atoms with Crippen LogP contribution < -0.4 is 23.7 Å². The lowest BCUT2D eigenvalue weighted by atomic mass is 9.87. The van der Waals surface area contributed by atoms with Crippen LogP contribution in [0.2, 0.25) is 0 Å². The number of fused-ring (bicyclic) bond motifs is 1. The lowest BCUT2D eigenvalue weighted by Gasteiger charge is -2.31. The Bertz CT molecular complexity index is 733. The van der Waals surface area contributed by atoms with Crippen molar-refractivity contribution in [3.63, 3.8) is 0 Å². The van der Waals surface area contributed by atoms with E-state index in [0.29, 0.717) is 35.4 Å².